The number of nitrogens with zero attached hydrogens (tertiary/aromatic N) is 2. The Morgan fingerprint density at radius 1 is 1.43 bits per heavy atom. The van der Waals surface area contributed by atoms with Crippen molar-refractivity contribution >= 4 is 10.0 Å². The van der Waals surface area contributed by atoms with Crippen LogP contribution in [0.1, 0.15) is 38.1 Å². The first kappa shape index (κ1) is 16.5. The van der Waals surface area contributed by atoms with Gasteiger partial charge in [0.2, 0.25) is 10.0 Å². The van der Waals surface area contributed by atoms with Gasteiger partial charge < -0.3 is 5.32 Å². The van der Waals surface area contributed by atoms with E-state index in [1.807, 2.05) is 0 Å². The van der Waals surface area contributed by atoms with Crippen LogP contribution in [0, 0.1) is 19.8 Å². The van der Waals surface area contributed by atoms with Crippen molar-refractivity contribution in [2.24, 2.45) is 5.92 Å². The van der Waals surface area contributed by atoms with Crippen molar-refractivity contribution in [3.63, 3.8) is 0 Å². The molecule has 0 aromatic carbocycles. The summed E-state index contributed by atoms with van der Waals surface area (Å²) in [7, 11) is -3.45. The first-order valence-electron chi connectivity index (χ1n) is 7.63. The molecular weight excluding hydrogens is 288 g/mol. The fraction of sp³-hybridized carbons (Fsp3) is 0.786. The second-order valence-corrected chi connectivity index (χ2v) is 7.83. The lowest BCUT2D eigenvalue weighted by Gasteiger charge is -2.36. The topological polar surface area (TPSA) is 78.1 Å². The number of aryl methyl sites for hydroxylation is 2. The lowest BCUT2D eigenvalue weighted by Crippen LogP contribution is -2.50. The molecule has 1 aromatic heterocycles. The lowest BCUT2D eigenvalue weighted by atomic mass is 9.95. The van der Waals surface area contributed by atoms with E-state index in [1.54, 1.807) is 18.2 Å². The molecule has 2 N–H and O–H groups in total. The van der Waals surface area contributed by atoms with E-state index in [4.69, 9.17) is 0 Å². The molecule has 1 fully saturated rings. The number of nitrogens with one attached hydrogen (secondary N) is 2. The quantitative estimate of drug-likeness (QED) is 0.862. The Balaban J connectivity index is 2.14. The first-order chi connectivity index (χ1) is 9.87. The van der Waals surface area contributed by atoms with Crippen LogP contribution >= 0.6 is 0 Å². The Morgan fingerprint density at radius 3 is 2.67 bits per heavy atom. The third-order valence-electron chi connectivity index (χ3n) is 4.18. The van der Waals surface area contributed by atoms with E-state index in [0.29, 0.717) is 41.3 Å². The van der Waals surface area contributed by atoms with Crippen LogP contribution in [0.5, 0.6) is 0 Å². The number of hydrogen-bond acceptors (Lipinski definition) is 4. The predicted molar refractivity (Wildman–Crippen MR) is 82.7 cm³/mol. The van der Waals surface area contributed by atoms with Crippen molar-refractivity contribution in [1.82, 2.24) is 19.8 Å². The highest BCUT2D eigenvalue weighted by Crippen LogP contribution is 2.26. The maximum Gasteiger partial charge on any atom is 0.246 e. The highest BCUT2D eigenvalue weighted by atomic mass is 32.2. The van der Waals surface area contributed by atoms with Crippen LogP contribution in [-0.4, -0.2) is 48.6 Å². The molecule has 2 atom stereocenters. The normalized spacial score (nSPS) is 24.4. The molecule has 0 aliphatic carbocycles. The Kier molecular flexibility index (Phi) is 5.06. The zero-order valence-electron chi connectivity index (χ0n) is 13.3. The van der Waals surface area contributed by atoms with Gasteiger partial charge >= 0.3 is 0 Å². The third-order valence-corrected chi connectivity index (χ3v) is 6.31. The molecule has 0 amide bonds. The molecule has 1 saturated heterocycles. The summed E-state index contributed by atoms with van der Waals surface area (Å²) in [5.41, 5.74) is 1.16. The maximum atomic E-state index is 12.8. The summed E-state index contributed by atoms with van der Waals surface area (Å²) >= 11 is 0. The summed E-state index contributed by atoms with van der Waals surface area (Å²) in [5, 5.41) is 10.3. The number of sulfonamides is 1. The first-order valence-corrected chi connectivity index (χ1v) is 9.07. The molecule has 1 aromatic rings. The molecular formula is C14H26N4O2S. The molecule has 21 heavy (non-hydrogen) atoms. The van der Waals surface area contributed by atoms with E-state index >= 15 is 0 Å². The van der Waals surface area contributed by atoms with Crippen LogP contribution in [0.15, 0.2) is 4.90 Å². The molecule has 1 aliphatic rings. The SMILES string of the molecule is CCCNC1CCN(S(=O)(=O)c2c(C)n[nH]c2C)CC1C. The molecule has 7 heteroatoms. The Hall–Kier alpha value is -0.920. The minimum absolute atomic E-state index is 0.313. The van der Waals surface area contributed by atoms with Crippen LogP contribution in [0.25, 0.3) is 0 Å². The van der Waals surface area contributed by atoms with Gasteiger partial charge in [-0.15, -0.1) is 0 Å². The Morgan fingerprint density at radius 2 is 2.14 bits per heavy atom. The summed E-state index contributed by atoms with van der Waals surface area (Å²) in [6.07, 6.45) is 1.95. The molecule has 0 spiro atoms. The van der Waals surface area contributed by atoms with Crippen LogP contribution in [0.2, 0.25) is 0 Å². The van der Waals surface area contributed by atoms with Gasteiger partial charge in [0.1, 0.15) is 4.90 Å². The van der Waals surface area contributed by atoms with Crippen molar-refractivity contribution in [2.45, 2.75) is 51.5 Å². The second-order valence-electron chi connectivity index (χ2n) is 5.95. The average molecular weight is 314 g/mol. The fourth-order valence-corrected chi connectivity index (χ4v) is 4.90. The number of H-pyrrole nitrogens is 1. The zero-order chi connectivity index (χ0) is 15.6. The van der Waals surface area contributed by atoms with Crippen LogP contribution < -0.4 is 5.32 Å². The van der Waals surface area contributed by atoms with Crippen molar-refractivity contribution < 1.29 is 8.42 Å². The molecule has 2 rings (SSSR count). The van der Waals surface area contributed by atoms with Crippen LogP contribution in [0.4, 0.5) is 0 Å². The van der Waals surface area contributed by atoms with Crippen molar-refractivity contribution in [1.29, 1.82) is 0 Å². The van der Waals surface area contributed by atoms with Crippen molar-refractivity contribution in [3.05, 3.63) is 11.4 Å². The van der Waals surface area contributed by atoms with Gasteiger partial charge in [-0.2, -0.15) is 9.40 Å². The van der Waals surface area contributed by atoms with Gasteiger partial charge in [-0.3, -0.25) is 5.10 Å². The van der Waals surface area contributed by atoms with Gasteiger partial charge in [-0.05, 0) is 39.2 Å². The number of aromatic nitrogens is 2. The summed E-state index contributed by atoms with van der Waals surface area (Å²) in [6.45, 7) is 9.86. The molecule has 120 valence electrons. The van der Waals surface area contributed by atoms with E-state index < -0.39 is 10.0 Å². The molecule has 2 unspecified atom stereocenters. The van der Waals surface area contributed by atoms with Crippen LogP contribution in [0.3, 0.4) is 0 Å². The number of piperidine rings is 1. The van der Waals surface area contributed by atoms with Gasteiger partial charge in [-0.1, -0.05) is 13.8 Å². The smallest absolute Gasteiger partial charge is 0.246 e. The van der Waals surface area contributed by atoms with E-state index in [9.17, 15) is 8.42 Å². The molecule has 1 aliphatic heterocycles. The van der Waals surface area contributed by atoms with Gasteiger partial charge in [-0.25, -0.2) is 8.42 Å². The minimum atomic E-state index is -3.45. The molecule has 6 nitrogen and oxygen atoms in total. The summed E-state index contributed by atoms with van der Waals surface area (Å²) in [6, 6.07) is 0.406. The highest BCUT2D eigenvalue weighted by Gasteiger charge is 2.35. The molecule has 0 bridgehead atoms. The Bertz CT molecular complexity index is 562. The monoisotopic (exact) mass is 314 g/mol. The van der Waals surface area contributed by atoms with Crippen molar-refractivity contribution in [3.8, 4) is 0 Å². The summed E-state index contributed by atoms with van der Waals surface area (Å²) in [5.74, 6) is 0.313. The maximum absolute atomic E-state index is 12.8. The molecule has 2 heterocycles. The van der Waals surface area contributed by atoms with Crippen LogP contribution in [-0.2, 0) is 10.0 Å². The zero-order valence-corrected chi connectivity index (χ0v) is 14.1. The van der Waals surface area contributed by atoms with E-state index in [-0.39, 0.29) is 0 Å². The van der Waals surface area contributed by atoms with Gasteiger partial charge in [0, 0.05) is 19.1 Å². The highest BCUT2D eigenvalue weighted by molar-refractivity contribution is 7.89. The minimum Gasteiger partial charge on any atom is -0.314 e. The van der Waals surface area contributed by atoms with Gasteiger partial charge in [0.25, 0.3) is 0 Å². The second kappa shape index (κ2) is 6.46. The molecule has 0 saturated carbocycles. The average Bonchev–Trinajstić information content (AvgIpc) is 2.77. The van der Waals surface area contributed by atoms with Gasteiger partial charge in [0.05, 0.1) is 11.4 Å². The van der Waals surface area contributed by atoms with E-state index in [1.165, 1.54) is 0 Å². The van der Waals surface area contributed by atoms with Gasteiger partial charge in [0.15, 0.2) is 0 Å². The number of rotatable bonds is 5. The Labute approximate surface area is 127 Å². The summed E-state index contributed by atoms with van der Waals surface area (Å²) in [4.78, 5) is 0.342. The third kappa shape index (κ3) is 3.30. The fourth-order valence-electron chi connectivity index (χ4n) is 3.01. The lowest BCUT2D eigenvalue weighted by molar-refractivity contribution is 0.220. The summed E-state index contributed by atoms with van der Waals surface area (Å²) < 4.78 is 27.2. The van der Waals surface area contributed by atoms with Crippen molar-refractivity contribution in [2.75, 3.05) is 19.6 Å². The number of aromatic amines is 1. The van der Waals surface area contributed by atoms with E-state index in [0.717, 1.165) is 19.4 Å². The predicted octanol–water partition coefficient (Wildman–Crippen LogP) is 1.43. The van der Waals surface area contributed by atoms with E-state index in [2.05, 4.69) is 29.4 Å². The largest absolute Gasteiger partial charge is 0.314 e. The molecule has 0 radical (unpaired) electrons. The standard InChI is InChI=1S/C14H26N4O2S/c1-5-7-15-13-6-8-18(9-10(13)2)21(19,20)14-11(3)16-17-12(14)4/h10,13,15H,5-9H2,1-4H3,(H,16,17). The number of hydrogen-bond donors (Lipinski definition) is 2.